The molecule has 0 bridgehead atoms. The van der Waals surface area contributed by atoms with Gasteiger partial charge in [-0.1, -0.05) is 31.2 Å². The predicted molar refractivity (Wildman–Crippen MR) is 115 cm³/mol. The average molecular weight is 398 g/mol. The molecule has 4 rings (SSSR count). The Labute approximate surface area is 167 Å². The molecule has 148 valence electrons. The van der Waals surface area contributed by atoms with Gasteiger partial charge >= 0.3 is 0 Å². The van der Waals surface area contributed by atoms with Crippen molar-refractivity contribution >= 4 is 26.6 Å². The zero-order valence-electron chi connectivity index (χ0n) is 16.6. The van der Waals surface area contributed by atoms with Crippen LogP contribution >= 0.6 is 0 Å². The van der Waals surface area contributed by atoms with Gasteiger partial charge < -0.3 is 10.2 Å². The predicted octanol–water partition coefficient (Wildman–Crippen LogP) is 3.63. The van der Waals surface area contributed by atoms with Crippen molar-refractivity contribution < 1.29 is 8.42 Å². The van der Waals surface area contributed by atoms with Crippen LogP contribution in [0.15, 0.2) is 59.5 Å². The van der Waals surface area contributed by atoms with E-state index in [2.05, 4.69) is 30.1 Å². The van der Waals surface area contributed by atoms with Gasteiger partial charge in [-0.2, -0.15) is 0 Å². The Morgan fingerprint density at radius 1 is 1.07 bits per heavy atom. The molecule has 1 aliphatic heterocycles. The summed E-state index contributed by atoms with van der Waals surface area (Å²) in [5.41, 5.74) is 2.66. The van der Waals surface area contributed by atoms with Gasteiger partial charge in [0.15, 0.2) is 0 Å². The van der Waals surface area contributed by atoms with Crippen LogP contribution in [0.25, 0.3) is 10.9 Å². The minimum atomic E-state index is -3.65. The Hall–Kier alpha value is -2.31. The number of piperazine rings is 1. The molecule has 5 nitrogen and oxygen atoms in total. The second-order valence-corrected chi connectivity index (χ2v) is 9.38. The van der Waals surface area contributed by atoms with Gasteiger partial charge in [-0.05, 0) is 50.6 Å². The summed E-state index contributed by atoms with van der Waals surface area (Å²) in [5, 5.41) is 4.51. The van der Waals surface area contributed by atoms with Crippen LogP contribution in [0, 0.1) is 0 Å². The van der Waals surface area contributed by atoms with Gasteiger partial charge in [-0.25, -0.2) is 12.4 Å². The van der Waals surface area contributed by atoms with Crippen molar-refractivity contribution in [3.8, 4) is 0 Å². The molecular formula is C22H27N3O2S. The molecule has 3 aromatic rings. The molecule has 1 fully saturated rings. The lowest BCUT2D eigenvalue weighted by Crippen LogP contribution is -2.54. The lowest BCUT2D eigenvalue weighted by atomic mass is 10.1. The van der Waals surface area contributed by atoms with Crippen LogP contribution in [0.3, 0.4) is 0 Å². The van der Waals surface area contributed by atoms with Crippen molar-refractivity contribution in [1.82, 2.24) is 9.29 Å². The number of benzene rings is 2. The first kappa shape index (κ1) is 19.0. The number of aryl methyl sites for hydroxylation is 1. The first-order valence-electron chi connectivity index (χ1n) is 9.87. The topological polar surface area (TPSA) is 54.3 Å². The van der Waals surface area contributed by atoms with Gasteiger partial charge in [-0.3, -0.25) is 0 Å². The molecule has 2 heterocycles. The van der Waals surface area contributed by atoms with Crippen molar-refractivity contribution in [2.45, 2.75) is 44.2 Å². The van der Waals surface area contributed by atoms with Crippen molar-refractivity contribution in [2.75, 3.05) is 18.0 Å². The molecule has 0 radical (unpaired) electrons. The molecule has 2 atom stereocenters. The second-order valence-electron chi connectivity index (χ2n) is 7.59. The highest BCUT2D eigenvalue weighted by molar-refractivity contribution is 7.90. The molecule has 1 aliphatic rings. The third-order valence-electron chi connectivity index (χ3n) is 5.57. The Morgan fingerprint density at radius 2 is 1.82 bits per heavy atom. The summed E-state index contributed by atoms with van der Waals surface area (Å²) in [6.07, 6.45) is 0.647. The third kappa shape index (κ3) is 3.10. The van der Waals surface area contributed by atoms with Crippen LogP contribution < -0.4 is 10.2 Å². The summed E-state index contributed by atoms with van der Waals surface area (Å²) < 4.78 is 28.4. The molecule has 2 unspecified atom stereocenters. The van der Waals surface area contributed by atoms with Gasteiger partial charge in [0, 0.05) is 41.9 Å². The number of fused-ring (bicyclic) bond motifs is 1. The number of nitrogens with one attached hydrogen (secondary N) is 1. The number of nitrogens with zero attached hydrogens (tertiary/aromatic N) is 2. The van der Waals surface area contributed by atoms with E-state index in [0.717, 1.165) is 35.4 Å². The summed E-state index contributed by atoms with van der Waals surface area (Å²) in [7, 11) is -3.65. The van der Waals surface area contributed by atoms with Gasteiger partial charge in [0.2, 0.25) is 0 Å². The smallest absolute Gasteiger partial charge is 0.268 e. The number of aromatic nitrogens is 1. The van der Waals surface area contributed by atoms with Crippen LogP contribution in [-0.2, 0) is 16.4 Å². The minimum absolute atomic E-state index is 0.316. The molecule has 28 heavy (non-hydrogen) atoms. The quantitative estimate of drug-likeness (QED) is 0.730. The zero-order chi connectivity index (χ0) is 19.9. The number of anilines is 1. The van der Waals surface area contributed by atoms with E-state index in [1.165, 1.54) is 3.97 Å². The Morgan fingerprint density at radius 3 is 2.54 bits per heavy atom. The Bertz CT molecular complexity index is 1090. The van der Waals surface area contributed by atoms with Crippen LogP contribution in [0.1, 0.15) is 26.5 Å². The molecular weight excluding hydrogens is 370 g/mol. The fourth-order valence-corrected chi connectivity index (χ4v) is 5.70. The molecule has 1 aromatic heterocycles. The maximum atomic E-state index is 13.4. The van der Waals surface area contributed by atoms with Gasteiger partial charge in [-0.15, -0.1) is 0 Å². The van der Waals surface area contributed by atoms with Gasteiger partial charge in [0.25, 0.3) is 10.0 Å². The highest BCUT2D eigenvalue weighted by Gasteiger charge is 2.27. The first-order valence-corrected chi connectivity index (χ1v) is 11.3. The maximum Gasteiger partial charge on any atom is 0.268 e. The second kappa shape index (κ2) is 7.26. The van der Waals surface area contributed by atoms with Crippen LogP contribution in [0.5, 0.6) is 0 Å². The normalized spacial score (nSPS) is 20.6. The van der Waals surface area contributed by atoms with Crippen LogP contribution in [0.2, 0.25) is 0 Å². The molecule has 0 spiro atoms. The van der Waals surface area contributed by atoms with E-state index in [1.54, 1.807) is 24.3 Å². The Balaban J connectivity index is 1.92. The minimum Gasteiger partial charge on any atom is -0.365 e. The molecule has 2 aromatic carbocycles. The fraction of sp³-hybridized carbons (Fsp3) is 0.364. The van der Waals surface area contributed by atoms with Crippen molar-refractivity contribution in [2.24, 2.45) is 0 Å². The van der Waals surface area contributed by atoms with Gasteiger partial charge in [0.05, 0.1) is 10.4 Å². The first-order chi connectivity index (χ1) is 13.4. The summed E-state index contributed by atoms with van der Waals surface area (Å²) >= 11 is 0. The standard InChI is InChI=1S/C22H27N3O2S/c1-4-18-13-20-21(24-15-16(2)23-14-17(24)3)11-8-12-22(20)25(18)28(26,27)19-9-6-5-7-10-19/h5-13,16-17,23H,4,14-15H2,1-3H3. The zero-order valence-corrected chi connectivity index (χ0v) is 17.4. The number of rotatable bonds is 4. The van der Waals surface area contributed by atoms with Crippen molar-refractivity contribution in [1.29, 1.82) is 0 Å². The van der Waals surface area contributed by atoms with E-state index in [-0.39, 0.29) is 0 Å². The number of hydrogen-bond acceptors (Lipinski definition) is 4. The summed E-state index contributed by atoms with van der Waals surface area (Å²) in [6, 6.07) is 17.4. The maximum absolute atomic E-state index is 13.4. The SMILES string of the molecule is CCc1cc2c(N3CC(C)NCC3C)cccc2n1S(=O)(=O)c1ccccc1. The monoisotopic (exact) mass is 397 g/mol. The van der Waals surface area contributed by atoms with E-state index in [4.69, 9.17) is 0 Å². The molecule has 1 N–H and O–H groups in total. The molecule has 1 saturated heterocycles. The third-order valence-corrected chi connectivity index (χ3v) is 7.35. The summed E-state index contributed by atoms with van der Waals surface area (Å²) in [4.78, 5) is 2.71. The van der Waals surface area contributed by atoms with E-state index >= 15 is 0 Å². The molecule has 0 aliphatic carbocycles. The Kier molecular flexibility index (Phi) is 4.93. The van der Waals surface area contributed by atoms with E-state index in [1.807, 2.05) is 31.2 Å². The highest BCUT2D eigenvalue weighted by atomic mass is 32.2. The van der Waals surface area contributed by atoms with E-state index in [9.17, 15) is 8.42 Å². The average Bonchev–Trinajstić information content (AvgIpc) is 3.10. The van der Waals surface area contributed by atoms with Crippen molar-refractivity contribution in [3.63, 3.8) is 0 Å². The van der Waals surface area contributed by atoms with Crippen LogP contribution in [-0.4, -0.2) is 37.6 Å². The van der Waals surface area contributed by atoms with Crippen molar-refractivity contribution in [3.05, 3.63) is 60.3 Å². The highest BCUT2D eigenvalue weighted by Crippen LogP contribution is 2.34. The number of hydrogen-bond donors (Lipinski definition) is 1. The fourth-order valence-electron chi connectivity index (χ4n) is 4.08. The largest absolute Gasteiger partial charge is 0.365 e. The van der Waals surface area contributed by atoms with Crippen LogP contribution in [0.4, 0.5) is 5.69 Å². The van der Waals surface area contributed by atoms with Gasteiger partial charge in [0.1, 0.15) is 0 Å². The molecule has 6 heteroatoms. The lowest BCUT2D eigenvalue weighted by Gasteiger charge is -2.39. The summed E-state index contributed by atoms with van der Waals surface area (Å²) in [6.45, 7) is 8.21. The molecule has 0 saturated carbocycles. The lowest BCUT2D eigenvalue weighted by molar-refractivity contribution is 0.426. The van der Waals surface area contributed by atoms with E-state index in [0.29, 0.717) is 23.4 Å². The van der Waals surface area contributed by atoms with E-state index < -0.39 is 10.0 Å². The summed E-state index contributed by atoms with van der Waals surface area (Å²) in [5.74, 6) is 0. The molecule has 0 amide bonds.